The van der Waals surface area contributed by atoms with Crippen LogP contribution in [-0.2, 0) is 33.5 Å². The molecule has 0 heterocycles. The van der Waals surface area contributed by atoms with Crippen molar-refractivity contribution in [2.24, 2.45) is 5.73 Å². The minimum Gasteiger partial charge on any atom is -0.480 e. The molecule has 28 heavy (non-hydrogen) atoms. The van der Waals surface area contributed by atoms with Crippen LogP contribution in [-0.4, -0.2) is 75.8 Å². The lowest BCUT2D eigenvalue weighted by molar-refractivity contribution is -0.155. The number of hydrogen-bond acceptors (Lipinski definition) is 9. The molecule has 2 atom stereocenters. The van der Waals surface area contributed by atoms with E-state index in [0.29, 0.717) is 4.90 Å². The van der Waals surface area contributed by atoms with Crippen LogP contribution in [0.2, 0.25) is 0 Å². The molecule has 0 bridgehead atoms. The molecule has 0 aliphatic rings. The number of nitrogens with one attached hydrogen (secondary N) is 1. The Bertz CT molecular complexity index is 625. The highest BCUT2D eigenvalue weighted by molar-refractivity contribution is 8.13. The van der Waals surface area contributed by atoms with Crippen LogP contribution in [0.1, 0.15) is 33.6 Å². The van der Waals surface area contributed by atoms with Crippen LogP contribution in [0.25, 0.3) is 0 Å². The third-order valence-electron chi connectivity index (χ3n) is 3.32. The highest BCUT2D eigenvalue weighted by atomic mass is 32.2. The first-order chi connectivity index (χ1) is 13.0. The molecule has 0 saturated carbocycles. The van der Waals surface area contributed by atoms with E-state index in [4.69, 9.17) is 15.6 Å². The number of amides is 3. The molecule has 11 nitrogen and oxygen atoms in total. The quantitative estimate of drug-likeness (QED) is 0.348. The van der Waals surface area contributed by atoms with Crippen molar-refractivity contribution in [1.29, 1.82) is 0 Å². The molecule has 0 aromatic carbocycles. The zero-order chi connectivity index (χ0) is 21.9. The number of hydrogen-bond donors (Lipinski definition) is 3. The van der Waals surface area contributed by atoms with Crippen LogP contribution in [0.4, 0.5) is 0 Å². The van der Waals surface area contributed by atoms with Gasteiger partial charge in [-0.1, -0.05) is 11.8 Å². The monoisotopic (exact) mass is 419 g/mol. The fourth-order valence-corrected chi connectivity index (χ4v) is 2.55. The van der Waals surface area contributed by atoms with E-state index in [1.54, 1.807) is 6.92 Å². The smallest absolute Gasteiger partial charge is 0.326 e. The van der Waals surface area contributed by atoms with Gasteiger partial charge in [-0.25, -0.2) is 0 Å². The SMILES string of the molecule is CCOC(=O)CN(C(C)=O)C(=O)C(CSC(C)=O)NC(=O)CCC(N)C(=O)O. The summed E-state index contributed by atoms with van der Waals surface area (Å²) < 4.78 is 4.72. The van der Waals surface area contributed by atoms with Crippen molar-refractivity contribution in [3.8, 4) is 0 Å². The molecule has 0 aromatic heterocycles. The van der Waals surface area contributed by atoms with Crippen LogP contribution in [0.3, 0.4) is 0 Å². The fraction of sp³-hybridized carbons (Fsp3) is 0.625. The average molecular weight is 419 g/mol. The average Bonchev–Trinajstić information content (AvgIpc) is 2.60. The summed E-state index contributed by atoms with van der Waals surface area (Å²) in [5, 5.41) is 10.8. The maximum absolute atomic E-state index is 12.7. The number of carboxylic acid groups (broad SMARTS) is 1. The highest BCUT2D eigenvalue weighted by Crippen LogP contribution is 2.09. The van der Waals surface area contributed by atoms with Gasteiger partial charge in [0.15, 0.2) is 5.12 Å². The number of nitrogens with two attached hydrogens (primary N) is 1. The predicted molar refractivity (Wildman–Crippen MR) is 98.9 cm³/mol. The molecule has 0 fully saturated rings. The van der Waals surface area contributed by atoms with Gasteiger partial charge in [-0.15, -0.1) is 0 Å². The summed E-state index contributed by atoms with van der Waals surface area (Å²) in [6, 6.07) is -2.52. The summed E-state index contributed by atoms with van der Waals surface area (Å²) in [5.41, 5.74) is 5.33. The maximum Gasteiger partial charge on any atom is 0.326 e. The molecular formula is C16H25N3O8S. The summed E-state index contributed by atoms with van der Waals surface area (Å²) in [7, 11) is 0. The molecule has 158 valence electrons. The molecule has 0 spiro atoms. The third kappa shape index (κ3) is 10.0. The van der Waals surface area contributed by atoms with Gasteiger partial charge in [0.1, 0.15) is 18.6 Å². The first-order valence-corrected chi connectivity index (χ1v) is 9.36. The second kappa shape index (κ2) is 12.8. The van der Waals surface area contributed by atoms with Crippen LogP contribution in [0.5, 0.6) is 0 Å². The molecule has 0 radical (unpaired) electrons. The number of thioether (sulfide) groups is 1. The second-order valence-electron chi connectivity index (χ2n) is 5.65. The van der Waals surface area contributed by atoms with E-state index in [9.17, 15) is 28.8 Å². The number of aliphatic carboxylic acids is 1. The number of carboxylic acids is 1. The minimum absolute atomic E-state index is 0.0585. The molecule has 2 unspecified atom stereocenters. The Morgan fingerprint density at radius 2 is 1.79 bits per heavy atom. The van der Waals surface area contributed by atoms with Gasteiger partial charge in [0.05, 0.1) is 6.61 Å². The Hall–Kier alpha value is -2.47. The molecule has 0 rings (SSSR count). The van der Waals surface area contributed by atoms with Gasteiger partial charge >= 0.3 is 11.9 Å². The van der Waals surface area contributed by atoms with E-state index in [-0.39, 0.29) is 30.3 Å². The summed E-state index contributed by atoms with van der Waals surface area (Å²) in [4.78, 5) is 70.6. The highest BCUT2D eigenvalue weighted by Gasteiger charge is 2.30. The first-order valence-electron chi connectivity index (χ1n) is 8.38. The van der Waals surface area contributed by atoms with Crippen LogP contribution in [0.15, 0.2) is 0 Å². The minimum atomic E-state index is -1.28. The molecule has 0 aromatic rings. The van der Waals surface area contributed by atoms with Gasteiger partial charge in [-0.05, 0) is 13.3 Å². The van der Waals surface area contributed by atoms with E-state index in [1.165, 1.54) is 6.92 Å². The number of carbonyl (C=O) groups is 6. The van der Waals surface area contributed by atoms with Crippen molar-refractivity contribution in [3.05, 3.63) is 0 Å². The molecular weight excluding hydrogens is 394 g/mol. The first kappa shape index (κ1) is 25.5. The Labute approximate surface area is 166 Å². The lowest BCUT2D eigenvalue weighted by Crippen LogP contribution is -2.53. The molecule has 3 amide bonds. The van der Waals surface area contributed by atoms with Gasteiger partial charge < -0.3 is 20.9 Å². The normalized spacial score (nSPS) is 12.4. The van der Waals surface area contributed by atoms with Crippen LogP contribution >= 0.6 is 11.8 Å². The Kier molecular flexibility index (Phi) is 11.7. The zero-order valence-electron chi connectivity index (χ0n) is 15.9. The van der Waals surface area contributed by atoms with Gasteiger partial charge in [0.25, 0.3) is 5.91 Å². The van der Waals surface area contributed by atoms with E-state index in [2.05, 4.69) is 5.32 Å². The van der Waals surface area contributed by atoms with Gasteiger partial charge in [-0.2, -0.15) is 0 Å². The molecule has 12 heteroatoms. The predicted octanol–water partition coefficient (Wildman–Crippen LogP) is -1.12. The number of esters is 1. The van der Waals surface area contributed by atoms with Crippen molar-refractivity contribution >= 4 is 46.5 Å². The molecule has 0 aliphatic carbocycles. The van der Waals surface area contributed by atoms with E-state index in [0.717, 1.165) is 18.7 Å². The van der Waals surface area contributed by atoms with Gasteiger partial charge in [0.2, 0.25) is 11.8 Å². The van der Waals surface area contributed by atoms with Crippen molar-refractivity contribution in [3.63, 3.8) is 0 Å². The van der Waals surface area contributed by atoms with Crippen molar-refractivity contribution in [1.82, 2.24) is 10.2 Å². The van der Waals surface area contributed by atoms with Gasteiger partial charge in [0, 0.05) is 26.0 Å². The van der Waals surface area contributed by atoms with Crippen molar-refractivity contribution < 1.29 is 38.6 Å². The Morgan fingerprint density at radius 3 is 2.25 bits per heavy atom. The zero-order valence-corrected chi connectivity index (χ0v) is 16.7. The van der Waals surface area contributed by atoms with Gasteiger partial charge in [-0.3, -0.25) is 33.7 Å². The Balaban J connectivity index is 5.21. The standard InChI is InChI=1S/C16H25N3O8S/c1-4-27-14(23)7-19(9(2)20)15(24)12(8-28-10(3)21)18-13(22)6-5-11(17)16(25)26/h11-12H,4-8,17H2,1-3H3,(H,18,22)(H,25,26). The van der Waals surface area contributed by atoms with E-state index in [1.807, 2.05) is 0 Å². The summed E-state index contributed by atoms with van der Waals surface area (Å²) in [6.45, 7) is 3.32. The molecule has 4 N–H and O–H groups in total. The second-order valence-corrected chi connectivity index (χ2v) is 6.85. The topological polar surface area (TPSA) is 173 Å². The van der Waals surface area contributed by atoms with Crippen molar-refractivity contribution in [2.45, 2.75) is 45.7 Å². The summed E-state index contributed by atoms with van der Waals surface area (Å²) in [5.74, 6) is -4.55. The van der Waals surface area contributed by atoms with E-state index >= 15 is 0 Å². The van der Waals surface area contributed by atoms with Crippen LogP contribution in [0, 0.1) is 0 Å². The fourth-order valence-electron chi connectivity index (χ4n) is 1.92. The summed E-state index contributed by atoms with van der Waals surface area (Å²) in [6.07, 6.45) is -0.443. The molecule has 0 aliphatic heterocycles. The largest absolute Gasteiger partial charge is 0.480 e. The lowest BCUT2D eigenvalue weighted by Gasteiger charge is -2.24. The number of imide groups is 1. The maximum atomic E-state index is 12.7. The number of rotatable bonds is 11. The summed E-state index contributed by atoms with van der Waals surface area (Å²) >= 11 is 0.750. The van der Waals surface area contributed by atoms with E-state index < -0.39 is 48.3 Å². The van der Waals surface area contributed by atoms with Crippen molar-refractivity contribution in [2.75, 3.05) is 18.9 Å². The third-order valence-corrected chi connectivity index (χ3v) is 4.23. The number of carbonyl (C=O) groups excluding carboxylic acids is 5. The Morgan fingerprint density at radius 1 is 1.18 bits per heavy atom. The number of ether oxygens (including phenoxy) is 1. The number of nitrogens with zero attached hydrogens (tertiary/aromatic N) is 1. The molecule has 0 saturated heterocycles. The lowest BCUT2D eigenvalue weighted by atomic mass is 10.1. The van der Waals surface area contributed by atoms with Crippen LogP contribution < -0.4 is 11.1 Å².